The summed E-state index contributed by atoms with van der Waals surface area (Å²) in [6.07, 6.45) is 7.89. The van der Waals surface area contributed by atoms with E-state index in [4.69, 9.17) is 21.1 Å². The van der Waals surface area contributed by atoms with Crippen molar-refractivity contribution in [2.45, 2.75) is 203 Å². The van der Waals surface area contributed by atoms with E-state index in [1.54, 1.807) is 40.9 Å². The van der Waals surface area contributed by atoms with E-state index in [0.717, 1.165) is 110 Å². The third-order valence-corrected chi connectivity index (χ3v) is 20.8. The molecule has 9 aliphatic heterocycles. The number of amides is 8. The van der Waals surface area contributed by atoms with Crippen LogP contribution in [0.15, 0.2) is 69.0 Å². The van der Waals surface area contributed by atoms with E-state index in [0.29, 0.717) is 61.0 Å². The maximum Gasteiger partial charge on any atom is 0.410 e. The number of imide groups is 3. The van der Waals surface area contributed by atoms with Crippen LogP contribution in [0.5, 0.6) is 0 Å². The summed E-state index contributed by atoms with van der Waals surface area (Å²) in [5.74, 6) is -1.86. The van der Waals surface area contributed by atoms with Gasteiger partial charge in [-0.1, -0.05) is 36.4 Å². The summed E-state index contributed by atoms with van der Waals surface area (Å²) in [6, 6.07) is 17.2. The Bertz CT molecular complexity index is 4330. The van der Waals surface area contributed by atoms with Crippen molar-refractivity contribution in [3.63, 3.8) is 0 Å². The number of ether oxygens (including phenoxy) is 2. The molecule has 5 N–H and O–H groups in total. The minimum atomic E-state index is -0.702. The highest BCUT2D eigenvalue weighted by molar-refractivity contribution is 6.18. The average Bonchev–Trinajstić information content (AvgIpc) is 1.61. The van der Waals surface area contributed by atoms with E-state index in [-0.39, 0.29) is 89.8 Å². The first-order chi connectivity index (χ1) is 47.1. The molecule has 9 atom stereocenters. The molecular formula is C70H92ClN15O13. The van der Waals surface area contributed by atoms with E-state index in [9.17, 15) is 52.7 Å². The third-order valence-electron chi connectivity index (χ3n) is 20.5. The SMILES string of the molecule is CC(C)(C)OC(=O)N1[C@@H]2CC[C@H]1CNC2.Cn1c(=O)n(C2CCC(=O)NC2=O)c2cccc(CCl)c21.Cn1c(=O)n(C2CCC(=O)NC2=O)c2cccc(CN3C[C@H]4CC[C@@H](C3)N4)c21.Cn1c(=O)n(C2CCC(=O)NC2=O)c2cccc(CN3C[C@H]4CC[C@@H](C3)N4C(=O)OC(C)(C)C)c21. The number of nitrogens with one attached hydrogen (secondary N) is 5. The van der Waals surface area contributed by atoms with Crippen LogP contribution in [0, 0.1) is 0 Å². The summed E-state index contributed by atoms with van der Waals surface area (Å²) < 4.78 is 20.3. The molecular weight excluding hydrogens is 1290 g/mol. The van der Waals surface area contributed by atoms with Crippen molar-refractivity contribution in [3.8, 4) is 0 Å². The highest BCUT2D eigenvalue weighted by atomic mass is 35.5. The molecule has 3 aromatic heterocycles. The summed E-state index contributed by atoms with van der Waals surface area (Å²) in [4.78, 5) is 143. The Morgan fingerprint density at radius 1 is 0.455 bits per heavy atom. The molecule has 9 fully saturated rings. The number of piperazine rings is 3. The quantitative estimate of drug-likeness (QED) is 0.103. The van der Waals surface area contributed by atoms with E-state index in [1.807, 2.05) is 93.8 Å². The number of piperidine rings is 3. The molecule has 9 aliphatic rings. The fraction of sp³-hybridized carbons (Fsp3) is 0.586. The van der Waals surface area contributed by atoms with Crippen molar-refractivity contribution in [1.29, 1.82) is 0 Å². The molecule has 28 nitrogen and oxygen atoms in total. The minimum Gasteiger partial charge on any atom is -0.444 e. The van der Waals surface area contributed by atoms with Gasteiger partial charge in [-0.25, -0.2) is 24.0 Å². The van der Waals surface area contributed by atoms with Gasteiger partial charge in [0, 0.05) is 135 Å². The first kappa shape index (κ1) is 70.4. The van der Waals surface area contributed by atoms with Crippen LogP contribution >= 0.6 is 11.6 Å². The zero-order valence-corrected chi connectivity index (χ0v) is 58.7. The number of imidazole rings is 3. The molecule has 0 spiro atoms. The number of aromatic nitrogens is 6. The Labute approximate surface area is 577 Å². The van der Waals surface area contributed by atoms with Gasteiger partial charge >= 0.3 is 29.3 Å². The maximum absolute atomic E-state index is 13.2. The molecule has 99 heavy (non-hydrogen) atoms. The standard InChI is InChI=1S/C25H33N5O5.C20H25N5O3.C14H14ClN3O3.C11H20N2O2/c1-25(2,3)35-24(34)29-16-8-9-17(29)14-28(13-16)12-15-6-5-7-18-21(15)27(4)23(33)30(18)19-10-11-20(31)26-22(19)32;1-23-18-12(9-24-10-13-5-6-14(11-24)21-13)3-2-4-15(18)25(20(23)28)16-7-8-17(26)22-19(16)27;1-17-12-8(7-15)3-2-4-9(12)18(14(17)21)10-5-6-11(19)16-13(10)20;1-11(2,3)15-10(14)13-8-4-5-9(13)7-12-6-8/h5-7,16-17,19H,8-14H2,1-4H3,(H,26,31,32);2-4,13-14,16,21H,5-11H2,1H3,(H,22,26,27);2-4,10H,5-7H2,1H3,(H,16,19,20);8-9,12H,4-7H2,1-3H3/t16-,17+,19?;13-,14+,16?;;8-,9+. The van der Waals surface area contributed by atoms with Crippen LogP contribution in [-0.2, 0) is 78.4 Å². The summed E-state index contributed by atoms with van der Waals surface area (Å²) in [5.41, 5.74) is 5.78. The highest BCUT2D eigenvalue weighted by Crippen LogP contribution is 2.35. The van der Waals surface area contributed by atoms with Gasteiger partial charge in [-0.15, -0.1) is 11.6 Å². The molecule has 3 unspecified atom stereocenters. The van der Waals surface area contributed by atoms with Crippen LogP contribution in [0.3, 0.4) is 0 Å². The Hall–Kier alpha value is -8.44. The van der Waals surface area contributed by atoms with E-state index in [1.165, 1.54) is 26.5 Å². The number of hydrogen-bond donors (Lipinski definition) is 5. The van der Waals surface area contributed by atoms with Gasteiger partial charge in [0.25, 0.3) is 0 Å². The molecule has 0 radical (unpaired) electrons. The van der Waals surface area contributed by atoms with Crippen LogP contribution in [0.25, 0.3) is 33.1 Å². The number of para-hydroxylation sites is 3. The second kappa shape index (κ2) is 28.3. The minimum absolute atomic E-state index is 0.111. The highest BCUT2D eigenvalue weighted by Gasteiger charge is 2.46. The summed E-state index contributed by atoms with van der Waals surface area (Å²) in [5, 5.41) is 14.0. The molecule has 532 valence electrons. The number of carbonyl (C=O) groups is 8. The number of halogens is 1. The molecule has 9 saturated heterocycles. The molecule has 12 heterocycles. The Kier molecular flexibility index (Phi) is 20.1. The lowest BCUT2D eigenvalue weighted by atomic mass is 10.1. The van der Waals surface area contributed by atoms with E-state index in [2.05, 4.69) is 42.5 Å². The maximum atomic E-state index is 13.2. The van der Waals surface area contributed by atoms with Crippen LogP contribution in [0.4, 0.5) is 9.59 Å². The molecule has 0 aliphatic carbocycles. The molecule has 15 rings (SSSR count). The van der Waals surface area contributed by atoms with Crippen LogP contribution < -0.4 is 43.7 Å². The number of nitrogens with zero attached hydrogens (tertiary/aromatic N) is 10. The predicted molar refractivity (Wildman–Crippen MR) is 368 cm³/mol. The smallest absolute Gasteiger partial charge is 0.410 e. The first-order valence-electron chi connectivity index (χ1n) is 34.6. The normalized spacial score (nSPS) is 25.5. The molecule has 6 bridgehead atoms. The molecule has 8 amide bonds. The lowest BCUT2D eigenvalue weighted by molar-refractivity contribution is -0.137. The van der Waals surface area contributed by atoms with Crippen molar-refractivity contribution in [2.24, 2.45) is 21.1 Å². The Morgan fingerprint density at radius 3 is 1.14 bits per heavy atom. The molecule has 6 aromatic rings. The summed E-state index contributed by atoms with van der Waals surface area (Å²) in [6.45, 7) is 18.2. The molecule has 0 saturated carbocycles. The van der Waals surface area contributed by atoms with Crippen LogP contribution in [0.2, 0.25) is 0 Å². The summed E-state index contributed by atoms with van der Waals surface area (Å²) >= 11 is 5.92. The van der Waals surface area contributed by atoms with Gasteiger partial charge in [0.05, 0.1) is 33.1 Å². The number of benzene rings is 3. The lowest BCUT2D eigenvalue weighted by Gasteiger charge is -2.41. The number of carbonyl (C=O) groups excluding carboxylic acids is 8. The molecule has 3 aromatic carbocycles. The number of likely N-dealkylation sites (tertiary alicyclic amines) is 2. The topological polar surface area (TPSA) is 309 Å². The van der Waals surface area contributed by atoms with Gasteiger partial charge in [0.2, 0.25) is 35.4 Å². The van der Waals surface area contributed by atoms with Gasteiger partial charge in [0.1, 0.15) is 29.3 Å². The number of hydrogen-bond acceptors (Lipinski definition) is 17. The van der Waals surface area contributed by atoms with Crippen LogP contribution in [-0.4, -0.2) is 181 Å². The van der Waals surface area contributed by atoms with Crippen molar-refractivity contribution in [2.75, 3.05) is 39.3 Å². The Morgan fingerprint density at radius 2 is 0.788 bits per heavy atom. The van der Waals surface area contributed by atoms with Gasteiger partial charge in [-0.2, -0.15) is 0 Å². The lowest BCUT2D eigenvalue weighted by Crippen LogP contribution is -2.56. The fourth-order valence-corrected chi connectivity index (χ4v) is 16.4. The number of alkyl halides is 1. The largest absolute Gasteiger partial charge is 0.444 e. The van der Waals surface area contributed by atoms with Crippen molar-refractivity contribution >= 4 is 92.3 Å². The van der Waals surface area contributed by atoms with E-state index < -0.39 is 41.4 Å². The van der Waals surface area contributed by atoms with Gasteiger partial charge < -0.3 is 20.1 Å². The average molecular weight is 1390 g/mol. The number of rotatable bonds is 8. The van der Waals surface area contributed by atoms with Gasteiger partial charge in [-0.3, -0.25) is 91.7 Å². The monoisotopic (exact) mass is 1390 g/mol. The second-order valence-electron chi connectivity index (χ2n) is 29.8. The van der Waals surface area contributed by atoms with E-state index >= 15 is 0 Å². The number of fused-ring (bicyclic) bond motifs is 9. The van der Waals surface area contributed by atoms with Gasteiger partial charge in [0.15, 0.2) is 0 Å². The zero-order valence-electron chi connectivity index (χ0n) is 57.9. The molecule has 29 heteroatoms. The first-order valence-corrected chi connectivity index (χ1v) is 35.2. The zero-order chi connectivity index (χ0) is 70.7. The number of aryl methyl sites for hydroxylation is 3. The third kappa shape index (κ3) is 14.5. The fourth-order valence-electron chi connectivity index (χ4n) is 16.2. The Balaban J connectivity index is 0.000000131. The predicted octanol–water partition coefficient (Wildman–Crippen LogP) is 4.57. The summed E-state index contributed by atoms with van der Waals surface area (Å²) in [7, 11) is 5.14. The van der Waals surface area contributed by atoms with Crippen molar-refractivity contribution in [1.82, 2.24) is 73.6 Å². The van der Waals surface area contributed by atoms with Crippen molar-refractivity contribution in [3.05, 3.63) is 103 Å². The van der Waals surface area contributed by atoms with Crippen molar-refractivity contribution < 1.29 is 47.8 Å². The van der Waals surface area contributed by atoms with Crippen LogP contribution in [0.1, 0.15) is 153 Å². The second-order valence-corrected chi connectivity index (χ2v) is 30.0. The van der Waals surface area contributed by atoms with Gasteiger partial charge in [-0.05, 0) is 134 Å².